The minimum Gasteiger partial charge on any atom is -0.377 e. The van der Waals surface area contributed by atoms with Crippen molar-refractivity contribution in [1.82, 2.24) is 0 Å². The van der Waals surface area contributed by atoms with Gasteiger partial charge in [-0.25, -0.2) is 8.78 Å². The molecule has 0 aliphatic rings. The van der Waals surface area contributed by atoms with Crippen molar-refractivity contribution in [2.45, 2.75) is 52.0 Å². The highest BCUT2D eigenvalue weighted by Crippen LogP contribution is 2.20. The van der Waals surface area contributed by atoms with E-state index in [4.69, 9.17) is 13.3 Å². The highest BCUT2D eigenvalue weighted by atomic mass is 28.4. The van der Waals surface area contributed by atoms with Gasteiger partial charge in [0.2, 0.25) is 0 Å². The van der Waals surface area contributed by atoms with Gasteiger partial charge in [0.15, 0.2) is 11.6 Å². The summed E-state index contributed by atoms with van der Waals surface area (Å²) in [6, 6.07) is 4.93. The second kappa shape index (κ2) is 10.9. The normalized spacial score (nSPS) is 11.9. The van der Waals surface area contributed by atoms with Gasteiger partial charge in [-0.2, -0.15) is 0 Å². The van der Waals surface area contributed by atoms with Crippen molar-refractivity contribution in [2.75, 3.05) is 20.3 Å². The van der Waals surface area contributed by atoms with Crippen molar-refractivity contribution in [2.24, 2.45) is 0 Å². The number of halogens is 2. The lowest BCUT2D eigenvalue weighted by molar-refractivity contribution is 0.0859. The van der Waals surface area contributed by atoms with Crippen LogP contribution in [0.4, 0.5) is 8.78 Å². The summed E-state index contributed by atoms with van der Waals surface area (Å²) < 4.78 is 43.0. The molecule has 1 aromatic carbocycles. The number of aryl methyl sites for hydroxylation is 1. The monoisotopic (exact) mass is 346 g/mol. The molecule has 0 N–H and O–H groups in total. The lowest BCUT2D eigenvalue weighted by atomic mass is 10.1. The smallest absolute Gasteiger partial charge is 0.377 e. The lowest BCUT2D eigenvalue weighted by Gasteiger charge is -2.27. The zero-order chi connectivity index (χ0) is 17.1. The molecule has 1 aromatic rings. The Bertz CT molecular complexity index is 451. The van der Waals surface area contributed by atoms with E-state index in [1.165, 1.54) is 12.1 Å². The van der Waals surface area contributed by atoms with Crippen molar-refractivity contribution in [1.29, 1.82) is 0 Å². The molecule has 0 aromatic heterocycles. The Hall–Kier alpha value is -0.823. The van der Waals surface area contributed by atoms with E-state index in [-0.39, 0.29) is 0 Å². The molecule has 0 atom stereocenters. The summed E-state index contributed by atoms with van der Waals surface area (Å²) in [7, 11) is -0.845. The summed E-state index contributed by atoms with van der Waals surface area (Å²) in [6.45, 7) is 5.08. The second-order valence-electron chi connectivity index (χ2n) is 5.42. The van der Waals surface area contributed by atoms with Crippen LogP contribution in [0.5, 0.6) is 0 Å². The van der Waals surface area contributed by atoms with Crippen molar-refractivity contribution in [3.8, 4) is 0 Å². The summed E-state index contributed by atoms with van der Waals surface area (Å²) in [5.41, 5.74) is 0.841. The van der Waals surface area contributed by atoms with E-state index >= 15 is 0 Å². The van der Waals surface area contributed by atoms with E-state index in [0.717, 1.165) is 43.7 Å². The molecule has 0 aliphatic heterocycles. The topological polar surface area (TPSA) is 27.7 Å². The van der Waals surface area contributed by atoms with Crippen LogP contribution in [0.15, 0.2) is 18.2 Å². The van der Waals surface area contributed by atoms with Gasteiger partial charge in [0.1, 0.15) is 0 Å². The zero-order valence-corrected chi connectivity index (χ0v) is 15.4. The van der Waals surface area contributed by atoms with Crippen LogP contribution in [-0.4, -0.2) is 29.1 Å². The lowest BCUT2D eigenvalue weighted by Crippen LogP contribution is -2.44. The number of hydrogen-bond acceptors (Lipinski definition) is 3. The van der Waals surface area contributed by atoms with Gasteiger partial charge in [0.25, 0.3) is 0 Å². The molecule has 0 bridgehead atoms. The van der Waals surface area contributed by atoms with Gasteiger partial charge < -0.3 is 13.3 Å². The SMILES string of the molecule is CCO[Si](CCCCCCc1ccc(F)c(F)c1)(OC)OCC. The zero-order valence-electron chi connectivity index (χ0n) is 14.4. The van der Waals surface area contributed by atoms with Gasteiger partial charge in [-0.15, -0.1) is 0 Å². The predicted molar refractivity (Wildman–Crippen MR) is 89.4 cm³/mol. The first-order chi connectivity index (χ1) is 11.1. The van der Waals surface area contributed by atoms with E-state index in [1.807, 2.05) is 13.8 Å². The molecule has 0 fully saturated rings. The maximum Gasteiger partial charge on any atom is 0.500 e. The van der Waals surface area contributed by atoms with Gasteiger partial charge in [-0.05, 0) is 50.8 Å². The summed E-state index contributed by atoms with van der Waals surface area (Å²) in [6.07, 6.45) is 4.78. The molecule has 0 saturated carbocycles. The molecule has 0 unspecified atom stereocenters. The summed E-state index contributed by atoms with van der Waals surface area (Å²) >= 11 is 0. The molecular formula is C17H28F2O3Si. The van der Waals surface area contributed by atoms with Gasteiger partial charge in [-0.3, -0.25) is 0 Å². The molecule has 0 amide bonds. The van der Waals surface area contributed by atoms with Crippen LogP contribution in [-0.2, 0) is 19.7 Å². The molecule has 23 heavy (non-hydrogen) atoms. The van der Waals surface area contributed by atoms with Crippen LogP contribution in [0.3, 0.4) is 0 Å². The Morgan fingerprint density at radius 2 is 1.57 bits per heavy atom. The number of hydrogen-bond donors (Lipinski definition) is 0. The highest BCUT2D eigenvalue weighted by molar-refractivity contribution is 6.60. The van der Waals surface area contributed by atoms with E-state index in [1.54, 1.807) is 13.2 Å². The third kappa shape index (κ3) is 7.08. The van der Waals surface area contributed by atoms with Crippen LogP contribution >= 0.6 is 0 Å². The number of rotatable bonds is 12. The Balaban J connectivity index is 2.26. The largest absolute Gasteiger partial charge is 0.500 e. The highest BCUT2D eigenvalue weighted by Gasteiger charge is 2.38. The molecule has 0 spiro atoms. The third-order valence-corrected chi connectivity index (χ3v) is 6.77. The van der Waals surface area contributed by atoms with Crippen LogP contribution in [0.25, 0.3) is 0 Å². The van der Waals surface area contributed by atoms with Crippen LogP contribution in [0, 0.1) is 11.6 Å². The fourth-order valence-corrected chi connectivity index (χ4v) is 4.94. The van der Waals surface area contributed by atoms with E-state index in [2.05, 4.69) is 0 Å². The first-order valence-corrected chi connectivity index (χ1v) is 10.3. The average molecular weight is 346 g/mol. The third-order valence-electron chi connectivity index (χ3n) is 3.72. The Kier molecular flexibility index (Phi) is 9.55. The minimum absolute atomic E-state index is 0.593. The van der Waals surface area contributed by atoms with Gasteiger partial charge in [-0.1, -0.05) is 18.9 Å². The van der Waals surface area contributed by atoms with E-state index < -0.39 is 20.4 Å². The fourth-order valence-electron chi connectivity index (χ4n) is 2.57. The Morgan fingerprint density at radius 3 is 2.13 bits per heavy atom. The maximum atomic E-state index is 13.1. The Morgan fingerprint density at radius 1 is 0.913 bits per heavy atom. The molecule has 0 heterocycles. The summed E-state index contributed by atoms with van der Waals surface area (Å²) in [4.78, 5) is 0. The van der Waals surface area contributed by atoms with Crippen LogP contribution in [0.2, 0.25) is 6.04 Å². The molecule has 0 radical (unpaired) electrons. The first-order valence-electron chi connectivity index (χ1n) is 8.34. The minimum atomic E-state index is -2.50. The number of unbranched alkanes of at least 4 members (excludes halogenated alkanes) is 3. The summed E-state index contributed by atoms with van der Waals surface area (Å²) in [5.74, 6) is -1.56. The number of benzene rings is 1. The van der Waals surface area contributed by atoms with Crippen molar-refractivity contribution >= 4 is 8.80 Å². The molecule has 6 heteroatoms. The second-order valence-corrected chi connectivity index (χ2v) is 8.27. The summed E-state index contributed by atoms with van der Waals surface area (Å²) in [5, 5.41) is 0. The quantitative estimate of drug-likeness (QED) is 0.405. The van der Waals surface area contributed by atoms with E-state index in [0.29, 0.717) is 13.2 Å². The van der Waals surface area contributed by atoms with Crippen molar-refractivity contribution in [3.05, 3.63) is 35.4 Å². The molecule has 3 nitrogen and oxygen atoms in total. The van der Waals surface area contributed by atoms with Crippen molar-refractivity contribution < 1.29 is 22.1 Å². The molecular weight excluding hydrogens is 318 g/mol. The van der Waals surface area contributed by atoms with Crippen LogP contribution in [0.1, 0.15) is 45.1 Å². The molecule has 1 rings (SSSR count). The maximum absolute atomic E-state index is 13.1. The van der Waals surface area contributed by atoms with Gasteiger partial charge in [0.05, 0.1) is 0 Å². The van der Waals surface area contributed by atoms with Crippen LogP contribution < -0.4 is 0 Å². The Labute approximate surface area is 139 Å². The van der Waals surface area contributed by atoms with Crippen molar-refractivity contribution in [3.63, 3.8) is 0 Å². The fraction of sp³-hybridized carbons (Fsp3) is 0.647. The molecule has 0 aliphatic carbocycles. The van der Waals surface area contributed by atoms with E-state index in [9.17, 15) is 8.78 Å². The molecule has 0 saturated heterocycles. The molecule has 132 valence electrons. The average Bonchev–Trinajstić information content (AvgIpc) is 2.54. The first kappa shape index (κ1) is 20.2. The van der Waals surface area contributed by atoms with Gasteiger partial charge >= 0.3 is 8.80 Å². The standard InChI is InChI=1S/C17H28F2O3Si/c1-4-21-23(20-3,22-5-2)13-9-7-6-8-10-15-11-12-16(18)17(19)14-15/h11-12,14H,4-10,13H2,1-3H3. The van der Waals surface area contributed by atoms with Gasteiger partial charge in [0, 0.05) is 26.4 Å². The predicted octanol–water partition coefficient (Wildman–Crippen LogP) is 4.73.